The van der Waals surface area contributed by atoms with Crippen LogP contribution in [0.2, 0.25) is 0 Å². The van der Waals surface area contributed by atoms with Crippen LogP contribution in [-0.2, 0) is 16.1 Å². The summed E-state index contributed by atoms with van der Waals surface area (Å²) in [7, 11) is 0. The van der Waals surface area contributed by atoms with Crippen LogP contribution in [0.3, 0.4) is 0 Å². The van der Waals surface area contributed by atoms with Gasteiger partial charge in [0.2, 0.25) is 11.8 Å². The van der Waals surface area contributed by atoms with Crippen molar-refractivity contribution in [2.45, 2.75) is 24.4 Å². The molecular formula is C20H20N4O3S. The molecule has 1 fully saturated rings. The molecule has 28 heavy (non-hydrogen) atoms. The third-order valence-electron chi connectivity index (χ3n) is 4.86. The molecule has 0 aliphatic carbocycles. The Morgan fingerprint density at radius 1 is 1.18 bits per heavy atom. The highest BCUT2D eigenvalue weighted by Crippen LogP contribution is 2.47. The maximum absolute atomic E-state index is 12.7. The monoisotopic (exact) mass is 396 g/mol. The summed E-state index contributed by atoms with van der Waals surface area (Å²) in [5, 5.41) is 5.50. The number of nitrogens with one attached hydrogen (secondary N) is 2. The van der Waals surface area contributed by atoms with Crippen molar-refractivity contribution in [1.29, 1.82) is 0 Å². The Labute approximate surface area is 166 Å². The zero-order valence-corrected chi connectivity index (χ0v) is 15.9. The molecule has 1 aromatic heterocycles. The van der Waals surface area contributed by atoms with E-state index in [1.165, 1.54) is 0 Å². The Morgan fingerprint density at radius 2 is 2.04 bits per heavy atom. The van der Waals surface area contributed by atoms with Gasteiger partial charge in [-0.1, -0.05) is 24.3 Å². The number of hydrogen-bond donors (Lipinski definition) is 2. The number of fused-ring (bicyclic) bond motifs is 3. The van der Waals surface area contributed by atoms with E-state index >= 15 is 0 Å². The summed E-state index contributed by atoms with van der Waals surface area (Å²) in [6.45, 7) is 0.640. The van der Waals surface area contributed by atoms with Crippen LogP contribution < -0.4 is 10.6 Å². The Bertz CT molecular complexity index is 905. The van der Waals surface area contributed by atoms with E-state index in [0.717, 1.165) is 11.1 Å². The number of nitrogens with zero attached hydrogens (tertiary/aromatic N) is 2. The SMILES string of the molecule is O=C(CCNC(=O)C1CSC2c3ccccc3C(=O)N12)NCc1cccnc1. The average Bonchev–Trinajstić information content (AvgIpc) is 3.28. The van der Waals surface area contributed by atoms with E-state index in [0.29, 0.717) is 17.9 Å². The molecule has 3 amide bonds. The topological polar surface area (TPSA) is 91.4 Å². The standard InChI is InChI=1S/C20H20N4O3S/c25-17(23-11-13-4-3-8-21-10-13)7-9-22-18(26)16-12-28-20-15-6-2-1-5-14(15)19(27)24(16)20/h1-6,8,10,16,20H,7,9,11-12H2,(H,22,26)(H,23,25). The van der Waals surface area contributed by atoms with Crippen LogP contribution in [-0.4, -0.2) is 45.9 Å². The third-order valence-corrected chi connectivity index (χ3v) is 6.16. The van der Waals surface area contributed by atoms with Crippen molar-refractivity contribution >= 4 is 29.5 Å². The van der Waals surface area contributed by atoms with E-state index in [9.17, 15) is 14.4 Å². The van der Waals surface area contributed by atoms with Crippen molar-refractivity contribution in [1.82, 2.24) is 20.5 Å². The van der Waals surface area contributed by atoms with Gasteiger partial charge in [-0.25, -0.2) is 0 Å². The lowest BCUT2D eigenvalue weighted by Crippen LogP contribution is -2.46. The van der Waals surface area contributed by atoms with Gasteiger partial charge < -0.3 is 15.5 Å². The normalized spacial score (nSPS) is 19.9. The van der Waals surface area contributed by atoms with Gasteiger partial charge in [-0.2, -0.15) is 0 Å². The number of carbonyl (C=O) groups excluding carboxylic acids is 3. The third kappa shape index (κ3) is 3.60. The minimum absolute atomic E-state index is 0.0952. The number of carbonyl (C=O) groups is 3. The van der Waals surface area contributed by atoms with Crippen molar-refractivity contribution in [2.75, 3.05) is 12.3 Å². The minimum atomic E-state index is -0.506. The molecule has 0 saturated carbocycles. The first-order valence-electron chi connectivity index (χ1n) is 9.11. The molecule has 1 aromatic carbocycles. The molecule has 0 spiro atoms. The molecule has 7 nitrogen and oxygen atoms in total. The average molecular weight is 396 g/mol. The maximum Gasteiger partial charge on any atom is 0.256 e. The lowest BCUT2D eigenvalue weighted by molar-refractivity contribution is -0.125. The summed E-state index contributed by atoms with van der Waals surface area (Å²) in [6.07, 6.45) is 3.56. The lowest BCUT2D eigenvalue weighted by atomic mass is 10.1. The van der Waals surface area contributed by atoms with Crippen molar-refractivity contribution in [2.24, 2.45) is 0 Å². The number of benzene rings is 1. The quantitative estimate of drug-likeness (QED) is 0.772. The van der Waals surface area contributed by atoms with Crippen LogP contribution in [0.25, 0.3) is 0 Å². The Kier molecular flexibility index (Phi) is 5.29. The van der Waals surface area contributed by atoms with Crippen LogP contribution in [0.4, 0.5) is 0 Å². The Balaban J connectivity index is 1.26. The number of thioether (sulfide) groups is 1. The van der Waals surface area contributed by atoms with Gasteiger partial charge in [0.1, 0.15) is 11.4 Å². The fourth-order valence-corrected chi connectivity index (χ4v) is 4.92. The first-order valence-corrected chi connectivity index (χ1v) is 10.2. The van der Waals surface area contributed by atoms with Gasteiger partial charge in [-0.05, 0) is 23.3 Å². The second-order valence-corrected chi connectivity index (χ2v) is 7.79. The van der Waals surface area contributed by atoms with Crippen LogP contribution >= 0.6 is 11.8 Å². The molecule has 0 radical (unpaired) electrons. The van der Waals surface area contributed by atoms with Crippen LogP contribution in [0.5, 0.6) is 0 Å². The fraction of sp³-hybridized carbons (Fsp3) is 0.300. The Morgan fingerprint density at radius 3 is 2.86 bits per heavy atom. The number of rotatable bonds is 6. The molecule has 2 unspecified atom stereocenters. The molecule has 144 valence electrons. The number of hydrogen-bond acceptors (Lipinski definition) is 5. The molecule has 2 aromatic rings. The van der Waals surface area contributed by atoms with Gasteiger partial charge in [0.25, 0.3) is 5.91 Å². The molecule has 2 aliphatic heterocycles. The van der Waals surface area contributed by atoms with E-state index in [1.54, 1.807) is 35.1 Å². The largest absolute Gasteiger partial charge is 0.354 e. The highest BCUT2D eigenvalue weighted by molar-refractivity contribution is 7.99. The zero-order chi connectivity index (χ0) is 19.5. The summed E-state index contributed by atoms with van der Waals surface area (Å²) in [6, 6.07) is 10.7. The van der Waals surface area contributed by atoms with Crippen LogP contribution in [0, 0.1) is 0 Å². The van der Waals surface area contributed by atoms with E-state index in [-0.39, 0.29) is 36.1 Å². The highest BCUT2D eigenvalue weighted by Gasteiger charge is 2.48. The number of amides is 3. The molecule has 4 rings (SSSR count). The van der Waals surface area contributed by atoms with Gasteiger partial charge >= 0.3 is 0 Å². The van der Waals surface area contributed by atoms with Gasteiger partial charge in [0, 0.05) is 43.2 Å². The molecule has 3 heterocycles. The summed E-state index contributed by atoms with van der Waals surface area (Å²) in [5.41, 5.74) is 2.57. The lowest BCUT2D eigenvalue weighted by Gasteiger charge is -2.22. The van der Waals surface area contributed by atoms with E-state index < -0.39 is 6.04 Å². The van der Waals surface area contributed by atoms with Gasteiger partial charge in [-0.3, -0.25) is 19.4 Å². The first kappa shape index (κ1) is 18.5. The van der Waals surface area contributed by atoms with Crippen molar-refractivity contribution < 1.29 is 14.4 Å². The molecule has 2 N–H and O–H groups in total. The van der Waals surface area contributed by atoms with Gasteiger partial charge in [0.05, 0.1) is 0 Å². The number of pyridine rings is 1. The molecule has 2 aliphatic rings. The zero-order valence-electron chi connectivity index (χ0n) is 15.1. The van der Waals surface area contributed by atoms with E-state index in [1.807, 2.05) is 30.3 Å². The van der Waals surface area contributed by atoms with Crippen LogP contribution in [0.1, 0.15) is 33.3 Å². The van der Waals surface area contributed by atoms with Crippen LogP contribution in [0.15, 0.2) is 48.8 Å². The number of aromatic nitrogens is 1. The summed E-state index contributed by atoms with van der Waals surface area (Å²) < 4.78 is 0. The molecule has 2 atom stereocenters. The fourth-order valence-electron chi connectivity index (χ4n) is 3.45. The summed E-state index contributed by atoms with van der Waals surface area (Å²) in [5.74, 6) is 0.104. The molecular weight excluding hydrogens is 376 g/mol. The maximum atomic E-state index is 12.7. The summed E-state index contributed by atoms with van der Waals surface area (Å²) in [4.78, 5) is 42.9. The van der Waals surface area contributed by atoms with E-state index in [4.69, 9.17) is 0 Å². The Hall–Kier alpha value is -2.87. The predicted octanol–water partition coefficient (Wildman–Crippen LogP) is 1.47. The smallest absolute Gasteiger partial charge is 0.256 e. The van der Waals surface area contributed by atoms with E-state index in [2.05, 4.69) is 15.6 Å². The molecule has 8 heteroatoms. The highest BCUT2D eigenvalue weighted by atomic mass is 32.2. The van der Waals surface area contributed by atoms with Gasteiger partial charge in [0.15, 0.2) is 0 Å². The minimum Gasteiger partial charge on any atom is -0.354 e. The predicted molar refractivity (Wildman–Crippen MR) is 105 cm³/mol. The first-order chi connectivity index (χ1) is 13.6. The second-order valence-electron chi connectivity index (χ2n) is 6.68. The van der Waals surface area contributed by atoms with Crippen molar-refractivity contribution in [3.63, 3.8) is 0 Å². The van der Waals surface area contributed by atoms with Crippen molar-refractivity contribution in [3.05, 3.63) is 65.5 Å². The molecule has 1 saturated heterocycles. The van der Waals surface area contributed by atoms with Crippen molar-refractivity contribution in [3.8, 4) is 0 Å². The second kappa shape index (κ2) is 8.02. The molecule has 0 bridgehead atoms. The summed E-state index contributed by atoms with van der Waals surface area (Å²) >= 11 is 1.60. The van der Waals surface area contributed by atoms with Gasteiger partial charge in [-0.15, -0.1) is 11.8 Å².